The summed E-state index contributed by atoms with van der Waals surface area (Å²) in [5, 5.41) is 3.01. The van der Waals surface area contributed by atoms with Gasteiger partial charge >= 0.3 is 0 Å². The fourth-order valence-electron chi connectivity index (χ4n) is 2.47. The molecule has 0 atom stereocenters. The predicted molar refractivity (Wildman–Crippen MR) is 83.0 cm³/mol. The Balaban J connectivity index is 1.87. The van der Waals surface area contributed by atoms with Gasteiger partial charge in [-0.1, -0.05) is 18.2 Å². The molecule has 0 amide bonds. The Bertz CT molecular complexity index is 763. The van der Waals surface area contributed by atoms with Crippen molar-refractivity contribution in [1.82, 2.24) is 9.97 Å². The van der Waals surface area contributed by atoms with Crippen molar-refractivity contribution < 1.29 is 0 Å². The highest BCUT2D eigenvalue weighted by Gasteiger charge is 2.16. The molecule has 108 valence electrons. The fraction of sp³-hybridized carbons (Fsp3) is 0.267. The molecule has 1 aromatic carbocycles. The third-order valence-corrected chi connectivity index (χ3v) is 3.56. The number of para-hydroxylation sites is 1. The number of anilines is 1. The van der Waals surface area contributed by atoms with Crippen molar-refractivity contribution in [3.63, 3.8) is 0 Å². The lowest BCUT2D eigenvalue weighted by atomic mass is 10.2. The average molecular weight is 283 g/mol. The SMILES string of the molecule is Cc1ccccc1NC(N)=Nc1nc2c(c(=O)[nH]1)CCC2. The van der Waals surface area contributed by atoms with Crippen LogP contribution < -0.4 is 16.6 Å². The summed E-state index contributed by atoms with van der Waals surface area (Å²) in [6.07, 6.45) is 2.58. The summed E-state index contributed by atoms with van der Waals surface area (Å²) in [5.41, 5.74) is 9.32. The number of rotatable bonds is 2. The number of nitrogens with zero attached hydrogens (tertiary/aromatic N) is 2. The molecule has 6 heteroatoms. The summed E-state index contributed by atoms with van der Waals surface area (Å²) >= 11 is 0. The Kier molecular flexibility index (Phi) is 3.43. The van der Waals surface area contributed by atoms with Crippen molar-refractivity contribution in [3.05, 3.63) is 51.4 Å². The van der Waals surface area contributed by atoms with E-state index in [2.05, 4.69) is 20.3 Å². The van der Waals surface area contributed by atoms with Gasteiger partial charge in [0.15, 0.2) is 0 Å². The highest BCUT2D eigenvalue weighted by Crippen LogP contribution is 2.18. The van der Waals surface area contributed by atoms with Crippen molar-refractivity contribution in [2.45, 2.75) is 26.2 Å². The molecule has 0 fully saturated rings. The Labute approximate surface area is 122 Å². The first-order valence-electron chi connectivity index (χ1n) is 6.92. The number of guanidine groups is 1. The third kappa shape index (κ3) is 2.79. The maximum atomic E-state index is 11.9. The van der Waals surface area contributed by atoms with Gasteiger partial charge in [-0.3, -0.25) is 9.78 Å². The molecule has 1 aliphatic rings. The minimum absolute atomic E-state index is 0.111. The zero-order valence-electron chi connectivity index (χ0n) is 11.8. The second-order valence-electron chi connectivity index (χ2n) is 5.11. The number of nitrogens with one attached hydrogen (secondary N) is 2. The van der Waals surface area contributed by atoms with Gasteiger partial charge in [0.05, 0.1) is 5.69 Å². The first-order chi connectivity index (χ1) is 10.1. The zero-order valence-corrected chi connectivity index (χ0v) is 11.8. The summed E-state index contributed by atoms with van der Waals surface area (Å²) in [7, 11) is 0. The normalized spacial score (nSPS) is 14.0. The van der Waals surface area contributed by atoms with Crippen molar-refractivity contribution in [2.24, 2.45) is 10.7 Å². The van der Waals surface area contributed by atoms with Gasteiger partial charge in [0, 0.05) is 11.3 Å². The summed E-state index contributed by atoms with van der Waals surface area (Å²) in [6.45, 7) is 1.98. The lowest BCUT2D eigenvalue weighted by Crippen LogP contribution is -2.23. The highest BCUT2D eigenvalue weighted by atomic mass is 16.1. The van der Waals surface area contributed by atoms with E-state index in [1.165, 1.54) is 0 Å². The van der Waals surface area contributed by atoms with E-state index < -0.39 is 0 Å². The lowest BCUT2D eigenvalue weighted by Gasteiger charge is -2.08. The van der Waals surface area contributed by atoms with Crippen LogP contribution in [0.3, 0.4) is 0 Å². The minimum atomic E-state index is -0.111. The molecule has 0 bridgehead atoms. The number of hydrogen-bond donors (Lipinski definition) is 3. The van der Waals surface area contributed by atoms with Crippen LogP contribution in [0.4, 0.5) is 11.6 Å². The van der Waals surface area contributed by atoms with E-state index in [9.17, 15) is 4.79 Å². The molecule has 0 unspecified atom stereocenters. The van der Waals surface area contributed by atoms with Crippen molar-refractivity contribution in [2.75, 3.05) is 5.32 Å². The molecule has 6 nitrogen and oxygen atoms in total. The second kappa shape index (κ2) is 5.40. The number of aromatic amines is 1. The molecule has 1 heterocycles. The lowest BCUT2D eigenvalue weighted by molar-refractivity contribution is 0.898. The van der Waals surface area contributed by atoms with Gasteiger partial charge in [0.2, 0.25) is 11.9 Å². The molecule has 3 rings (SSSR count). The largest absolute Gasteiger partial charge is 0.369 e. The highest BCUT2D eigenvalue weighted by molar-refractivity contribution is 5.94. The predicted octanol–water partition coefficient (Wildman–Crippen LogP) is 1.63. The Hall–Kier alpha value is -2.63. The quantitative estimate of drug-likeness (QED) is 0.576. The summed E-state index contributed by atoms with van der Waals surface area (Å²) < 4.78 is 0. The summed E-state index contributed by atoms with van der Waals surface area (Å²) in [5.74, 6) is 0.449. The van der Waals surface area contributed by atoms with E-state index in [0.717, 1.165) is 41.8 Å². The fourth-order valence-corrected chi connectivity index (χ4v) is 2.47. The number of aryl methyl sites for hydroxylation is 2. The number of hydrogen-bond acceptors (Lipinski definition) is 3. The number of aromatic nitrogens is 2. The molecule has 0 saturated carbocycles. The van der Waals surface area contributed by atoms with Gasteiger partial charge in [-0.25, -0.2) is 4.98 Å². The van der Waals surface area contributed by atoms with Crippen LogP contribution in [-0.2, 0) is 12.8 Å². The zero-order chi connectivity index (χ0) is 14.8. The number of aliphatic imine (C=N–C) groups is 1. The van der Waals surface area contributed by atoms with Gasteiger partial charge in [-0.05, 0) is 37.8 Å². The van der Waals surface area contributed by atoms with Gasteiger partial charge in [0.1, 0.15) is 0 Å². The van der Waals surface area contributed by atoms with E-state index >= 15 is 0 Å². The van der Waals surface area contributed by atoms with Gasteiger partial charge < -0.3 is 11.1 Å². The standard InChI is InChI=1S/C15H17N5O/c1-9-5-2-3-7-11(9)17-14(16)20-15-18-12-8-4-6-10(12)13(21)19-15/h2-3,5,7H,4,6,8H2,1H3,(H4,16,17,18,19,20,21). The first kappa shape index (κ1) is 13.4. The third-order valence-electron chi connectivity index (χ3n) is 3.56. The molecular formula is C15H17N5O. The van der Waals surface area contributed by atoms with Crippen LogP contribution in [0.15, 0.2) is 34.1 Å². The average Bonchev–Trinajstić information content (AvgIpc) is 2.90. The molecule has 0 spiro atoms. The van der Waals surface area contributed by atoms with Crippen LogP contribution in [0.1, 0.15) is 23.2 Å². The maximum absolute atomic E-state index is 11.9. The van der Waals surface area contributed by atoms with Crippen molar-refractivity contribution in [3.8, 4) is 0 Å². The smallest absolute Gasteiger partial charge is 0.255 e. The molecule has 0 radical (unpaired) electrons. The van der Waals surface area contributed by atoms with Crippen LogP contribution in [0.2, 0.25) is 0 Å². The van der Waals surface area contributed by atoms with Gasteiger partial charge in [0.25, 0.3) is 5.56 Å². The molecular weight excluding hydrogens is 266 g/mol. The van der Waals surface area contributed by atoms with Crippen molar-refractivity contribution in [1.29, 1.82) is 0 Å². The second-order valence-corrected chi connectivity index (χ2v) is 5.11. The van der Waals surface area contributed by atoms with Gasteiger partial charge in [-0.15, -0.1) is 0 Å². The molecule has 0 aliphatic heterocycles. The Morgan fingerprint density at radius 1 is 1.38 bits per heavy atom. The molecule has 1 aliphatic carbocycles. The molecule has 21 heavy (non-hydrogen) atoms. The minimum Gasteiger partial charge on any atom is -0.369 e. The molecule has 0 saturated heterocycles. The topological polar surface area (TPSA) is 96.2 Å². The van der Waals surface area contributed by atoms with E-state index in [1.807, 2.05) is 31.2 Å². The van der Waals surface area contributed by atoms with Gasteiger partial charge in [-0.2, -0.15) is 4.99 Å². The van der Waals surface area contributed by atoms with E-state index in [-0.39, 0.29) is 17.5 Å². The van der Waals surface area contributed by atoms with E-state index in [0.29, 0.717) is 0 Å². The number of nitrogens with two attached hydrogens (primary N) is 1. The number of benzene rings is 1. The van der Waals surface area contributed by atoms with Crippen LogP contribution >= 0.6 is 0 Å². The van der Waals surface area contributed by atoms with E-state index in [1.54, 1.807) is 0 Å². The molecule has 2 aromatic rings. The first-order valence-corrected chi connectivity index (χ1v) is 6.92. The maximum Gasteiger partial charge on any atom is 0.255 e. The molecule has 1 aromatic heterocycles. The monoisotopic (exact) mass is 283 g/mol. The van der Waals surface area contributed by atoms with Crippen LogP contribution in [-0.4, -0.2) is 15.9 Å². The van der Waals surface area contributed by atoms with E-state index in [4.69, 9.17) is 5.73 Å². The van der Waals surface area contributed by atoms with Crippen LogP contribution in [0, 0.1) is 6.92 Å². The molecule has 4 N–H and O–H groups in total. The van der Waals surface area contributed by atoms with Crippen LogP contribution in [0.25, 0.3) is 0 Å². The van der Waals surface area contributed by atoms with Crippen LogP contribution in [0.5, 0.6) is 0 Å². The summed E-state index contributed by atoms with van der Waals surface area (Å²) in [4.78, 5) is 23.1. The Morgan fingerprint density at radius 2 is 2.19 bits per heavy atom. The summed E-state index contributed by atoms with van der Waals surface area (Å²) in [6, 6.07) is 7.76. The van der Waals surface area contributed by atoms with Crippen molar-refractivity contribution >= 4 is 17.6 Å². The number of H-pyrrole nitrogens is 1. The Morgan fingerprint density at radius 3 is 3.00 bits per heavy atom. The number of fused-ring (bicyclic) bond motifs is 1.